The Labute approximate surface area is 120 Å². The van der Waals surface area contributed by atoms with Gasteiger partial charge in [0.15, 0.2) is 0 Å². The first-order valence-corrected chi connectivity index (χ1v) is 7.53. The summed E-state index contributed by atoms with van der Waals surface area (Å²) < 4.78 is 11.3. The second-order valence-electron chi connectivity index (χ2n) is 6.82. The highest BCUT2D eigenvalue weighted by Gasteiger charge is 2.58. The van der Waals surface area contributed by atoms with E-state index in [-0.39, 0.29) is 35.6 Å². The molecular formula is C16H24O4. The van der Waals surface area contributed by atoms with E-state index in [1.165, 1.54) is 0 Å². The number of hydrogen-bond donors (Lipinski definition) is 1. The summed E-state index contributed by atoms with van der Waals surface area (Å²) in [5.74, 6) is 0.379. The van der Waals surface area contributed by atoms with Gasteiger partial charge in [-0.05, 0) is 38.0 Å². The van der Waals surface area contributed by atoms with Gasteiger partial charge in [-0.25, -0.2) is 4.79 Å². The normalized spacial score (nSPS) is 47.9. The van der Waals surface area contributed by atoms with Gasteiger partial charge in [0.25, 0.3) is 0 Å². The molecule has 20 heavy (non-hydrogen) atoms. The van der Waals surface area contributed by atoms with Gasteiger partial charge < -0.3 is 14.6 Å². The Morgan fingerprint density at radius 1 is 1.40 bits per heavy atom. The van der Waals surface area contributed by atoms with Gasteiger partial charge in [-0.15, -0.1) is 0 Å². The first-order chi connectivity index (χ1) is 9.41. The van der Waals surface area contributed by atoms with E-state index in [4.69, 9.17) is 9.47 Å². The van der Waals surface area contributed by atoms with Gasteiger partial charge in [0.05, 0.1) is 12.2 Å². The molecule has 112 valence electrons. The van der Waals surface area contributed by atoms with Gasteiger partial charge >= 0.3 is 5.97 Å². The van der Waals surface area contributed by atoms with Crippen molar-refractivity contribution in [3.05, 3.63) is 11.1 Å². The third-order valence-corrected chi connectivity index (χ3v) is 6.17. The van der Waals surface area contributed by atoms with Gasteiger partial charge in [0.1, 0.15) is 6.10 Å². The van der Waals surface area contributed by atoms with Crippen LogP contribution in [0.25, 0.3) is 0 Å². The highest BCUT2D eigenvalue weighted by Crippen LogP contribution is 2.57. The lowest BCUT2D eigenvalue weighted by Crippen LogP contribution is -2.57. The Morgan fingerprint density at radius 2 is 2.10 bits per heavy atom. The van der Waals surface area contributed by atoms with E-state index < -0.39 is 0 Å². The standard InChI is InChI=1S/C16H24O4/c1-8-13-12(20-15(8)18)7-10-5-6-11(17)9(2)16(10,3)14(13)19-4/h9-12,14,17H,5-7H2,1-4H3/t9-,10+,11-,12-,14+,16+/m0/s1. The summed E-state index contributed by atoms with van der Waals surface area (Å²) in [4.78, 5) is 11.9. The van der Waals surface area contributed by atoms with Gasteiger partial charge in [-0.1, -0.05) is 13.8 Å². The molecule has 0 unspecified atom stereocenters. The first kappa shape index (κ1) is 14.1. The molecule has 0 aromatic carbocycles. The lowest BCUT2D eigenvalue weighted by Gasteiger charge is -2.56. The summed E-state index contributed by atoms with van der Waals surface area (Å²) in [6.45, 7) is 6.15. The van der Waals surface area contributed by atoms with Crippen molar-refractivity contribution in [2.24, 2.45) is 17.3 Å². The summed E-state index contributed by atoms with van der Waals surface area (Å²) in [5, 5.41) is 10.3. The number of hydrogen-bond acceptors (Lipinski definition) is 4. The van der Waals surface area contributed by atoms with Crippen molar-refractivity contribution in [1.29, 1.82) is 0 Å². The zero-order chi connectivity index (χ0) is 14.7. The van der Waals surface area contributed by atoms with Crippen LogP contribution in [0.1, 0.15) is 40.0 Å². The molecule has 0 spiro atoms. The van der Waals surface area contributed by atoms with Crippen molar-refractivity contribution in [3.63, 3.8) is 0 Å². The first-order valence-electron chi connectivity index (χ1n) is 7.53. The van der Waals surface area contributed by atoms with Crippen molar-refractivity contribution >= 4 is 5.97 Å². The molecule has 3 aliphatic rings. The molecule has 1 aliphatic heterocycles. The predicted molar refractivity (Wildman–Crippen MR) is 74.0 cm³/mol. The molecule has 6 atom stereocenters. The number of carbonyl (C=O) groups is 1. The van der Waals surface area contributed by atoms with Crippen LogP contribution in [0.4, 0.5) is 0 Å². The largest absolute Gasteiger partial charge is 0.454 e. The minimum absolute atomic E-state index is 0.118. The third kappa shape index (κ3) is 1.64. The molecule has 4 nitrogen and oxygen atoms in total. The number of aliphatic hydroxyl groups is 1. The zero-order valence-corrected chi connectivity index (χ0v) is 12.7. The topological polar surface area (TPSA) is 55.8 Å². The molecule has 0 bridgehead atoms. The molecule has 0 aromatic heterocycles. The fraction of sp³-hybridized carbons (Fsp3) is 0.812. The second kappa shape index (κ2) is 4.57. The lowest BCUT2D eigenvalue weighted by molar-refractivity contribution is -0.157. The molecule has 0 amide bonds. The van der Waals surface area contributed by atoms with Crippen LogP contribution in [-0.2, 0) is 14.3 Å². The maximum atomic E-state index is 11.9. The van der Waals surface area contributed by atoms with Crippen LogP contribution in [-0.4, -0.2) is 36.5 Å². The van der Waals surface area contributed by atoms with E-state index in [2.05, 4.69) is 13.8 Å². The maximum absolute atomic E-state index is 11.9. The zero-order valence-electron chi connectivity index (χ0n) is 12.7. The average molecular weight is 280 g/mol. The van der Waals surface area contributed by atoms with Crippen LogP contribution >= 0.6 is 0 Å². The third-order valence-electron chi connectivity index (χ3n) is 6.17. The van der Waals surface area contributed by atoms with Gasteiger partial charge in [0.2, 0.25) is 0 Å². The van der Waals surface area contributed by atoms with Gasteiger partial charge in [0, 0.05) is 23.7 Å². The highest BCUT2D eigenvalue weighted by molar-refractivity contribution is 5.92. The minimum atomic E-state index is -0.288. The van der Waals surface area contributed by atoms with Crippen LogP contribution in [0.5, 0.6) is 0 Å². The Kier molecular flexibility index (Phi) is 3.22. The molecule has 2 fully saturated rings. The number of carbonyl (C=O) groups excluding carboxylic acids is 1. The number of aliphatic hydroxyl groups excluding tert-OH is 1. The van der Waals surface area contributed by atoms with Crippen LogP contribution in [0.2, 0.25) is 0 Å². The molecular weight excluding hydrogens is 256 g/mol. The van der Waals surface area contributed by atoms with Crippen molar-refractivity contribution < 1.29 is 19.4 Å². The van der Waals surface area contributed by atoms with Crippen LogP contribution < -0.4 is 0 Å². The molecule has 1 N–H and O–H groups in total. The number of rotatable bonds is 1. The van der Waals surface area contributed by atoms with Crippen LogP contribution in [0, 0.1) is 17.3 Å². The van der Waals surface area contributed by atoms with E-state index in [9.17, 15) is 9.90 Å². The summed E-state index contributed by atoms with van der Waals surface area (Å²) in [6, 6.07) is 0. The summed E-state index contributed by atoms with van der Waals surface area (Å²) in [6.07, 6.45) is 2.13. The van der Waals surface area contributed by atoms with Crippen molar-refractivity contribution in [2.75, 3.05) is 7.11 Å². The highest BCUT2D eigenvalue weighted by atomic mass is 16.6. The summed E-state index contributed by atoms with van der Waals surface area (Å²) in [7, 11) is 1.70. The Morgan fingerprint density at radius 3 is 2.75 bits per heavy atom. The Bertz CT molecular complexity index is 469. The number of methoxy groups -OCH3 is 1. The fourth-order valence-corrected chi connectivity index (χ4v) is 4.70. The van der Waals surface area contributed by atoms with Gasteiger partial charge in [-0.2, -0.15) is 0 Å². The van der Waals surface area contributed by atoms with Crippen molar-refractivity contribution in [1.82, 2.24) is 0 Å². The number of ether oxygens (including phenoxy) is 2. The molecule has 3 rings (SSSR count). The molecule has 0 saturated heterocycles. The van der Waals surface area contributed by atoms with Crippen molar-refractivity contribution in [3.8, 4) is 0 Å². The van der Waals surface area contributed by atoms with E-state index in [1.54, 1.807) is 7.11 Å². The smallest absolute Gasteiger partial charge is 0.334 e. The van der Waals surface area contributed by atoms with Crippen LogP contribution in [0.15, 0.2) is 11.1 Å². The minimum Gasteiger partial charge on any atom is -0.454 e. The second-order valence-corrected chi connectivity index (χ2v) is 6.82. The fourth-order valence-electron chi connectivity index (χ4n) is 4.70. The Balaban J connectivity index is 2.08. The molecule has 1 heterocycles. The monoisotopic (exact) mass is 280 g/mol. The average Bonchev–Trinajstić information content (AvgIpc) is 2.69. The molecule has 0 radical (unpaired) electrons. The Hall–Kier alpha value is -0.870. The number of esters is 1. The van der Waals surface area contributed by atoms with Crippen molar-refractivity contribution in [2.45, 2.75) is 58.3 Å². The molecule has 0 aromatic rings. The lowest BCUT2D eigenvalue weighted by atomic mass is 9.52. The summed E-state index contributed by atoms with van der Waals surface area (Å²) in [5.41, 5.74) is 1.58. The van der Waals surface area contributed by atoms with E-state index in [0.29, 0.717) is 11.5 Å². The maximum Gasteiger partial charge on any atom is 0.334 e. The van der Waals surface area contributed by atoms with E-state index in [0.717, 1.165) is 24.8 Å². The quantitative estimate of drug-likeness (QED) is 0.747. The molecule has 2 aliphatic carbocycles. The van der Waals surface area contributed by atoms with E-state index in [1.807, 2.05) is 6.92 Å². The van der Waals surface area contributed by atoms with E-state index >= 15 is 0 Å². The predicted octanol–water partition coefficient (Wildman–Crippen LogP) is 2.06. The van der Waals surface area contributed by atoms with Gasteiger partial charge in [-0.3, -0.25) is 0 Å². The molecule has 4 heteroatoms. The van der Waals surface area contributed by atoms with Crippen LogP contribution in [0.3, 0.4) is 0 Å². The summed E-state index contributed by atoms with van der Waals surface area (Å²) >= 11 is 0. The molecule has 2 saturated carbocycles. The number of fused-ring (bicyclic) bond motifs is 2. The SMILES string of the molecule is CO[C@@H]1C2=C(C)C(=O)O[C@H]2C[C@H]2CC[C@H](O)[C@H](C)[C@]21C.